The van der Waals surface area contributed by atoms with Crippen LogP contribution in [0.15, 0.2) is 58.7 Å². The predicted molar refractivity (Wildman–Crippen MR) is 177 cm³/mol. The van der Waals surface area contributed by atoms with E-state index < -0.39 is 58.1 Å². The summed E-state index contributed by atoms with van der Waals surface area (Å²) in [6, 6.07) is 2.69. The molecule has 1 saturated heterocycles. The number of phenols is 2. The van der Waals surface area contributed by atoms with Crippen molar-refractivity contribution in [3.05, 3.63) is 64.8 Å². The number of carboxylic acids is 2. The Morgan fingerprint density at radius 1 is 1.20 bits per heavy atom. The summed E-state index contributed by atoms with van der Waals surface area (Å²) in [5, 5.41) is 48.3. The fourth-order valence-corrected chi connectivity index (χ4v) is 6.81. The summed E-state index contributed by atoms with van der Waals surface area (Å²) in [7, 11) is 0. The lowest BCUT2D eigenvalue weighted by atomic mass is 10.0. The number of amides is 3. The lowest BCUT2D eigenvalue weighted by Crippen LogP contribution is -2.71. The molecule has 18 nitrogen and oxygen atoms in total. The molecular weight excluding hydrogens is 697 g/mol. The summed E-state index contributed by atoms with van der Waals surface area (Å²) in [5.41, 5.74) is 4.02. The van der Waals surface area contributed by atoms with Crippen LogP contribution >= 0.6 is 23.1 Å². The summed E-state index contributed by atoms with van der Waals surface area (Å²) < 4.78 is 3.62. The number of carbonyl (C=O) groups excluding carboxylic acids is 3. The van der Waals surface area contributed by atoms with E-state index in [9.17, 15) is 44.4 Å². The molecule has 4 heterocycles. The van der Waals surface area contributed by atoms with E-state index >= 15 is 0 Å². The van der Waals surface area contributed by atoms with Crippen LogP contribution in [0, 0.1) is 0 Å². The van der Waals surface area contributed by atoms with E-state index in [1.165, 1.54) is 49.2 Å². The van der Waals surface area contributed by atoms with Gasteiger partial charge < -0.3 is 41.6 Å². The Morgan fingerprint density at radius 3 is 2.62 bits per heavy atom. The predicted octanol–water partition coefficient (Wildman–Crippen LogP) is 0.0683. The van der Waals surface area contributed by atoms with Gasteiger partial charge in [-0.15, -0.1) is 23.1 Å². The SMILES string of the molecule is CC(C)(O/N=C(\C(=O)N[C@@H]1C(=O)N2C(C(=O)O)=C(C[n+]3ccn(CCCNC(=O)c4ccc(O)c(O)c4)c3)CS[C@H]12)c1csc(N)n1)C(=O)O. The molecule has 50 heavy (non-hydrogen) atoms. The molecule has 5 rings (SSSR count). The molecule has 0 aliphatic carbocycles. The molecule has 0 radical (unpaired) electrons. The van der Waals surface area contributed by atoms with Crippen molar-refractivity contribution < 1.29 is 53.8 Å². The zero-order valence-electron chi connectivity index (χ0n) is 26.6. The van der Waals surface area contributed by atoms with Gasteiger partial charge >= 0.3 is 11.9 Å². The molecule has 0 saturated carbocycles. The summed E-state index contributed by atoms with van der Waals surface area (Å²) in [4.78, 5) is 73.0. The van der Waals surface area contributed by atoms with E-state index in [4.69, 9.17) is 10.6 Å². The number of β-lactam (4-membered cyclic amide) rings is 1. The zero-order chi connectivity index (χ0) is 36.3. The second-order valence-electron chi connectivity index (χ2n) is 11.7. The number of oxime groups is 1. The number of nitrogens with two attached hydrogens (primary N) is 1. The Balaban J connectivity index is 1.20. The maximum absolute atomic E-state index is 13.3. The lowest BCUT2D eigenvalue weighted by molar-refractivity contribution is -0.688. The Morgan fingerprint density at radius 2 is 1.96 bits per heavy atom. The van der Waals surface area contributed by atoms with Gasteiger partial charge in [-0.25, -0.2) is 23.7 Å². The van der Waals surface area contributed by atoms with Crippen molar-refractivity contribution in [2.24, 2.45) is 5.16 Å². The maximum atomic E-state index is 13.3. The Kier molecular flexibility index (Phi) is 10.3. The second-order valence-corrected chi connectivity index (χ2v) is 13.7. The van der Waals surface area contributed by atoms with E-state index in [1.54, 1.807) is 23.3 Å². The van der Waals surface area contributed by atoms with Crippen molar-refractivity contribution in [3.8, 4) is 11.5 Å². The normalized spacial score (nSPS) is 17.5. The number of aliphatic carboxylic acids is 2. The van der Waals surface area contributed by atoms with Crippen LogP contribution in [0.25, 0.3) is 0 Å². The van der Waals surface area contributed by atoms with Crippen LogP contribution in [0.3, 0.4) is 0 Å². The molecule has 0 unspecified atom stereocenters. The molecule has 2 aliphatic heterocycles. The molecule has 2 atom stereocenters. The van der Waals surface area contributed by atoms with E-state index in [-0.39, 0.29) is 40.1 Å². The van der Waals surface area contributed by atoms with Crippen molar-refractivity contribution in [1.82, 2.24) is 25.1 Å². The van der Waals surface area contributed by atoms with Gasteiger partial charge in [0.05, 0.1) is 6.54 Å². The van der Waals surface area contributed by atoms with Crippen molar-refractivity contribution in [2.45, 2.75) is 50.4 Å². The molecule has 3 aromatic rings. The first-order valence-corrected chi connectivity index (χ1v) is 16.9. The largest absolute Gasteiger partial charge is 0.504 e. The molecular formula is C30H33N8O10S2+. The van der Waals surface area contributed by atoms with E-state index in [0.717, 1.165) is 16.2 Å². The number of rotatable bonds is 14. The molecule has 264 valence electrons. The van der Waals surface area contributed by atoms with Crippen LogP contribution in [0.5, 0.6) is 11.5 Å². The molecule has 20 heteroatoms. The number of hydrogen-bond acceptors (Lipinski definition) is 13. The first kappa shape index (κ1) is 35.7. The summed E-state index contributed by atoms with van der Waals surface area (Å²) in [6.07, 6.45) is 5.87. The number of carboxylic acid groups (broad SMARTS) is 2. The average Bonchev–Trinajstić information content (AvgIpc) is 3.71. The minimum absolute atomic E-state index is 0.00321. The van der Waals surface area contributed by atoms with Crippen molar-refractivity contribution >= 4 is 63.6 Å². The highest BCUT2D eigenvalue weighted by molar-refractivity contribution is 8.00. The van der Waals surface area contributed by atoms with Crippen molar-refractivity contribution in [3.63, 3.8) is 0 Å². The number of fused-ring (bicyclic) bond motifs is 1. The van der Waals surface area contributed by atoms with Gasteiger partial charge in [-0.1, -0.05) is 5.16 Å². The van der Waals surface area contributed by atoms with Crippen LogP contribution in [0.4, 0.5) is 5.13 Å². The Bertz CT molecular complexity index is 1920. The quantitative estimate of drug-likeness (QED) is 0.0290. The fraction of sp³-hybridized carbons (Fsp3) is 0.333. The zero-order valence-corrected chi connectivity index (χ0v) is 28.2. The van der Waals surface area contributed by atoms with E-state index in [0.29, 0.717) is 25.1 Å². The number of imidazole rings is 1. The second kappa shape index (κ2) is 14.5. The molecule has 3 amide bonds. The number of anilines is 1. The third-order valence-corrected chi connectivity index (χ3v) is 9.65. The Labute approximate surface area is 291 Å². The number of hydrogen-bond donors (Lipinski definition) is 7. The smallest absolute Gasteiger partial charge is 0.352 e. The van der Waals surface area contributed by atoms with Crippen molar-refractivity contribution in [2.75, 3.05) is 18.0 Å². The van der Waals surface area contributed by atoms with Gasteiger partial charge in [-0.3, -0.25) is 19.3 Å². The highest BCUT2D eigenvalue weighted by atomic mass is 32.2. The van der Waals surface area contributed by atoms with Gasteiger partial charge in [-0.2, -0.15) is 0 Å². The lowest BCUT2D eigenvalue weighted by Gasteiger charge is -2.49. The highest BCUT2D eigenvalue weighted by Crippen LogP contribution is 2.40. The number of thioether (sulfide) groups is 1. The monoisotopic (exact) mass is 729 g/mol. The van der Waals surface area contributed by atoms with Crippen LogP contribution in [0.1, 0.15) is 36.3 Å². The summed E-state index contributed by atoms with van der Waals surface area (Å²) in [5.74, 6) is -5.05. The van der Waals surface area contributed by atoms with Gasteiger partial charge in [0.1, 0.15) is 41.7 Å². The minimum Gasteiger partial charge on any atom is -0.504 e. The third kappa shape index (κ3) is 7.65. The van der Waals surface area contributed by atoms with Gasteiger partial charge in [0.15, 0.2) is 22.3 Å². The van der Waals surface area contributed by atoms with Gasteiger partial charge in [0, 0.05) is 35.2 Å². The number of aromatic hydroxyl groups is 2. The number of thiazole rings is 1. The molecule has 0 spiro atoms. The molecule has 2 aliphatic rings. The fourth-order valence-electron chi connectivity index (χ4n) is 4.93. The standard InChI is InChI=1S/C30H32N8O10S2/c1-30(2,28(46)47)48-35-20(17-13-50-29(31)33-17)24(42)34-21-25(43)38-22(27(44)45)16(12-49-26(21)38)11-37-9-8-36(14-37)7-3-6-32-23(41)15-4-5-18(39)19(40)10-15/h4-5,8-10,13-14,21,26H,3,6-7,11-12H2,1-2H3,(H7-,31,32,33,34,35,39,40,41,42,44,45,46,47)/p+1/t21-,26-/m1/s1. The summed E-state index contributed by atoms with van der Waals surface area (Å²) >= 11 is 2.28. The topological polar surface area (TPSA) is 263 Å². The van der Waals surface area contributed by atoms with Crippen LogP contribution in [-0.4, -0.2) is 99.6 Å². The van der Waals surface area contributed by atoms with Crippen LogP contribution in [-0.2, 0) is 37.1 Å². The molecule has 1 fully saturated rings. The number of aryl methyl sites for hydroxylation is 1. The van der Waals surface area contributed by atoms with E-state index in [1.807, 2.05) is 4.57 Å². The van der Waals surface area contributed by atoms with Crippen molar-refractivity contribution in [1.29, 1.82) is 0 Å². The number of phenolic OH excluding ortho intramolecular Hbond substituents is 2. The van der Waals surface area contributed by atoms with E-state index in [2.05, 4.69) is 20.8 Å². The first-order valence-electron chi connectivity index (χ1n) is 14.9. The number of nitrogens with zero attached hydrogens (tertiary/aromatic N) is 5. The van der Waals surface area contributed by atoms with Gasteiger partial charge in [0.2, 0.25) is 11.9 Å². The number of benzene rings is 1. The van der Waals surface area contributed by atoms with Crippen LogP contribution in [0.2, 0.25) is 0 Å². The van der Waals surface area contributed by atoms with Gasteiger partial charge in [-0.05, 0) is 32.0 Å². The molecule has 8 N–H and O–H groups in total. The third-order valence-electron chi connectivity index (χ3n) is 7.63. The van der Waals surface area contributed by atoms with Gasteiger partial charge in [0.25, 0.3) is 17.7 Å². The number of carbonyl (C=O) groups is 5. The number of aromatic nitrogens is 3. The molecule has 2 aromatic heterocycles. The molecule has 1 aromatic carbocycles. The number of nitrogens with one attached hydrogen (secondary N) is 2. The van der Waals surface area contributed by atoms with Crippen LogP contribution < -0.4 is 20.9 Å². The number of nitrogen functional groups attached to an aromatic ring is 1. The highest BCUT2D eigenvalue weighted by Gasteiger charge is 2.54. The molecule has 0 bridgehead atoms. The first-order chi connectivity index (χ1) is 23.7. The Hall–Kier alpha value is -5.63. The summed E-state index contributed by atoms with van der Waals surface area (Å²) in [6.45, 7) is 3.50. The average molecular weight is 730 g/mol. The maximum Gasteiger partial charge on any atom is 0.352 e. The minimum atomic E-state index is -1.79.